The fourth-order valence-electron chi connectivity index (χ4n) is 2.66. The van der Waals surface area contributed by atoms with Crippen molar-refractivity contribution in [3.63, 3.8) is 0 Å². The Hall–Kier alpha value is -0.970. The van der Waals surface area contributed by atoms with Crippen molar-refractivity contribution in [2.45, 2.75) is 44.4 Å². The summed E-state index contributed by atoms with van der Waals surface area (Å²) in [5, 5.41) is 13.9. The minimum atomic E-state index is -0.261. The number of benzene rings is 1. The predicted molar refractivity (Wildman–Crippen MR) is 79.7 cm³/mol. The van der Waals surface area contributed by atoms with Gasteiger partial charge in [0.05, 0.1) is 25.3 Å². The third kappa shape index (κ3) is 3.37. The van der Waals surface area contributed by atoms with Crippen molar-refractivity contribution in [1.29, 1.82) is 0 Å². The van der Waals surface area contributed by atoms with Crippen molar-refractivity contribution in [2.24, 2.45) is 0 Å². The quantitative estimate of drug-likeness (QED) is 0.878. The molecule has 5 heteroatoms. The van der Waals surface area contributed by atoms with Gasteiger partial charge in [0.25, 0.3) is 0 Å². The van der Waals surface area contributed by atoms with Gasteiger partial charge in [-0.1, -0.05) is 30.5 Å². The summed E-state index contributed by atoms with van der Waals surface area (Å²) in [6, 6.07) is 3.91. The molecule has 20 heavy (non-hydrogen) atoms. The van der Waals surface area contributed by atoms with Crippen LogP contribution in [0.5, 0.6) is 11.5 Å². The Balaban J connectivity index is 2.06. The number of methoxy groups -OCH3 is 2. The monoisotopic (exact) mass is 299 g/mol. The number of halogens is 1. The number of hydrogen-bond acceptors (Lipinski definition) is 4. The highest BCUT2D eigenvalue weighted by Crippen LogP contribution is 2.37. The van der Waals surface area contributed by atoms with Crippen molar-refractivity contribution in [3.05, 3.63) is 22.7 Å². The van der Waals surface area contributed by atoms with Gasteiger partial charge in [0.2, 0.25) is 0 Å². The van der Waals surface area contributed by atoms with Crippen LogP contribution in [0.25, 0.3) is 0 Å². The van der Waals surface area contributed by atoms with Crippen LogP contribution in [0.4, 0.5) is 0 Å². The molecule has 2 N–H and O–H groups in total. The van der Waals surface area contributed by atoms with Crippen molar-refractivity contribution >= 4 is 11.6 Å². The van der Waals surface area contributed by atoms with Crippen LogP contribution >= 0.6 is 11.6 Å². The molecule has 0 spiro atoms. The standard InChI is InChI=1S/C15H22ClNO3/c1-19-13-8-7-10(14(16)15(13)20-2)9-17-11-5-3-4-6-12(11)18/h7-8,11-12,17-18H,3-6,9H2,1-2H3/t11-,12+/m1/s1. The Labute approximate surface area is 125 Å². The van der Waals surface area contributed by atoms with E-state index < -0.39 is 0 Å². The molecule has 1 aliphatic rings. The highest BCUT2D eigenvalue weighted by Gasteiger charge is 2.23. The molecule has 1 fully saturated rings. The Kier molecular flexibility index (Phi) is 5.52. The molecule has 1 aliphatic carbocycles. The summed E-state index contributed by atoms with van der Waals surface area (Å²) in [4.78, 5) is 0. The van der Waals surface area contributed by atoms with Crippen molar-refractivity contribution in [3.8, 4) is 11.5 Å². The summed E-state index contributed by atoms with van der Waals surface area (Å²) < 4.78 is 10.5. The maximum absolute atomic E-state index is 9.96. The molecule has 0 aliphatic heterocycles. The van der Waals surface area contributed by atoms with Gasteiger partial charge >= 0.3 is 0 Å². The molecule has 2 atom stereocenters. The van der Waals surface area contributed by atoms with Gasteiger partial charge in [-0.05, 0) is 24.5 Å². The fourth-order valence-corrected chi connectivity index (χ4v) is 2.96. The number of aliphatic hydroxyl groups is 1. The smallest absolute Gasteiger partial charge is 0.179 e. The Morgan fingerprint density at radius 3 is 2.65 bits per heavy atom. The average Bonchev–Trinajstić information content (AvgIpc) is 2.47. The van der Waals surface area contributed by atoms with E-state index in [4.69, 9.17) is 21.1 Å². The molecule has 0 unspecified atom stereocenters. The van der Waals surface area contributed by atoms with E-state index >= 15 is 0 Å². The van der Waals surface area contributed by atoms with E-state index in [1.54, 1.807) is 14.2 Å². The maximum atomic E-state index is 9.96. The van der Waals surface area contributed by atoms with Crippen molar-refractivity contribution < 1.29 is 14.6 Å². The van der Waals surface area contributed by atoms with E-state index in [1.807, 2.05) is 12.1 Å². The predicted octanol–water partition coefficient (Wildman–Crippen LogP) is 2.75. The molecule has 0 radical (unpaired) electrons. The molecule has 112 valence electrons. The second kappa shape index (κ2) is 7.16. The Morgan fingerprint density at radius 1 is 1.25 bits per heavy atom. The molecule has 4 nitrogen and oxygen atoms in total. The van der Waals surface area contributed by atoms with Gasteiger partial charge in [0.15, 0.2) is 11.5 Å². The first-order valence-corrected chi connectivity index (χ1v) is 7.36. The molecule has 0 saturated heterocycles. The summed E-state index contributed by atoms with van der Waals surface area (Å²) in [7, 11) is 3.16. The van der Waals surface area contributed by atoms with Crippen molar-refractivity contribution in [2.75, 3.05) is 14.2 Å². The zero-order valence-corrected chi connectivity index (χ0v) is 12.7. The number of aliphatic hydroxyl groups excluding tert-OH is 1. The molecule has 0 bridgehead atoms. The molecule has 1 aromatic carbocycles. The summed E-state index contributed by atoms with van der Waals surface area (Å²) in [6.45, 7) is 0.612. The largest absolute Gasteiger partial charge is 0.493 e. The third-order valence-electron chi connectivity index (χ3n) is 3.85. The van der Waals surface area contributed by atoms with Crippen LogP contribution in [0.15, 0.2) is 12.1 Å². The first-order valence-electron chi connectivity index (χ1n) is 6.98. The number of rotatable bonds is 5. The minimum absolute atomic E-state index is 0.146. The van der Waals surface area contributed by atoms with Gasteiger partial charge in [0.1, 0.15) is 0 Å². The van der Waals surface area contributed by atoms with Crippen LogP contribution in [0.3, 0.4) is 0 Å². The molecular weight excluding hydrogens is 278 g/mol. The van der Waals surface area contributed by atoms with Gasteiger partial charge in [-0.3, -0.25) is 0 Å². The minimum Gasteiger partial charge on any atom is -0.493 e. The van der Waals surface area contributed by atoms with Crippen LogP contribution in [0.1, 0.15) is 31.2 Å². The zero-order chi connectivity index (χ0) is 14.5. The number of ether oxygens (including phenoxy) is 2. The normalized spacial score (nSPS) is 22.6. The zero-order valence-electron chi connectivity index (χ0n) is 12.0. The summed E-state index contributed by atoms with van der Waals surface area (Å²) in [5.41, 5.74) is 0.946. The van der Waals surface area contributed by atoms with E-state index in [9.17, 15) is 5.11 Å². The molecule has 0 heterocycles. The second-order valence-electron chi connectivity index (χ2n) is 5.11. The van der Waals surface area contributed by atoms with Crippen LogP contribution in [0.2, 0.25) is 5.02 Å². The van der Waals surface area contributed by atoms with Crippen LogP contribution in [-0.4, -0.2) is 31.5 Å². The lowest BCUT2D eigenvalue weighted by molar-refractivity contribution is 0.0902. The first kappa shape index (κ1) is 15.4. The second-order valence-corrected chi connectivity index (χ2v) is 5.49. The Bertz CT molecular complexity index is 453. The van der Waals surface area contributed by atoms with Gasteiger partial charge in [0, 0.05) is 12.6 Å². The van der Waals surface area contributed by atoms with Crippen molar-refractivity contribution in [1.82, 2.24) is 5.32 Å². The van der Waals surface area contributed by atoms with E-state index in [0.717, 1.165) is 31.2 Å². The summed E-state index contributed by atoms with van der Waals surface area (Å²) in [6.07, 6.45) is 3.89. The lowest BCUT2D eigenvalue weighted by Crippen LogP contribution is -2.41. The highest BCUT2D eigenvalue weighted by atomic mass is 35.5. The van der Waals surface area contributed by atoms with E-state index in [-0.39, 0.29) is 12.1 Å². The molecule has 2 rings (SSSR count). The SMILES string of the molecule is COc1ccc(CN[C@@H]2CCCC[C@@H]2O)c(Cl)c1OC. The van der Waals surface area contributed by atoms with Crippen LogP contribution < -0.4 is 14.8 Å². The van der Waals surface area contributed by atoms with Crippen LogP contribution in [0, 0.1) is 0 Å². The molecule has 0 aromatic heterocycles. The van der Waals surface area contributed by atoms with Gasteiger partial charge in [-0.2, -0.15) is 0 Å². The number of hydrogen-bond donors (Lipinski definition) is 2. The molecular formula is C15H22ClNO3. The average molecular weight is 300 g/mol. The highest BCUT2D eigenvalue weighted by molar-refractivity contribution is 6.33. The molecule has 1 aromatic rings. The summed E-state index contributed by atoms with van der Waals surface area (Å²) >= 11 is 6.34. The van der Waals surface area contributed by atoms with E-state index in [0.29, 0.717) is 23.1 Å². The Morgan fingerprint density at radius 2 is 2.00 bits per heavy atom. The summed E-state index contributed by atoms with van der Waals surface area (Å²) in [5.74, 6) is 1.18. The van der Waals surface area contributed by atoms with Gasteiger partial charge < -0.3 is 19.9 Å². The van der Waals surface area contributed by atoms with Crippen LogP contribution in [-0.2, 0) is 6.54 Å². The third-order valence-corrected chi connectivity index (χ3v) is 4.26. The lowest BCUT2D eigenvalue weighted by atomic mass is 9.92. The maximum Gasteiger partial charge on any atom is 0.179 e. The van der Waals surface area contributed by atoms with E-state index in [1.165, 1.54) is 0 Å². The van der Waals surface area contributed by atoms with E-state index in [2.05, 4.69) is 5.32 Å². The molecule has 1 saturated carbocycles. The fraction of sp³-hybridized carbons (Fsp3) is 0.600. The van der Waals surface area contributed by atoms with Gasteiger partial charge in [-0.25, -0.2) is 0 Å². The van der Waals surface area contributed by atoms with Gasteiger partial charge in [-0.15, -0.1) is 0 Å². The number of nitrogens with one attached hydrogen (secondary N) is 1. The first-order chi connectivity index (χ1) is 9.67. The topological polar surface area (TPSA) is 50.7 Å². The molecule has 0 amide bonds. The lowest BCUT2D eigenvalue weighted by Gasteiger charge is -2.28.